The summed E-state index contributed by atoms with van der Waals surface area (Å²) in [5.41, 5.74) is 2.59. The highest BCUT2D eigenvalue weighted by Crippen LogP contribution is 2.27. The minimum absolute atomic E-state index is 0.681. The van der Waals surface area contributed by atoms with Crippen LogP contribution in [-0.2, 0) is 0 Å². The zero-order valence-corrected chi connectivity index (χ0v) is 10.8. The Labute approximate surface area is 102 Å². The number of rotatable bonds is 3. The van der Waals surface area contributed by atoms with Gasteiger partial charge in [-0.25, -0.2) is 15.8 Å². The van der Waals surface area contributed by atoms with Crippen molar-refractivity contribution in [2.45, 2.75) is 27.2 Å². The zero-order valence-electron chi connectivity index (χ0n) is 10.8. The first-order valence-electron chi connectivity index (χ1n) is 6.17. The van der Waals surface area contributed by atoms with Gasteiger partial charge in [0.05, 0.1) is 0 Å². The van der Waals surface area contributed by atoms with Gasteiger partial charge in [-0.3, -0.25) is 0 Å². The maximum absolute atomic E-state index is 5.40. The average molecular weight is 235 g/mol. The molecule has 0 spiro atoms. The van der Waals surface area contributed by atoms with Crippen molar-refractivity contribution in [3.05, 3.63) is 11.9 Å². The van der Waals surface area contributed by atoms with Crippen LogP contribution in [0.25, 0.3) is 0 Å². The summed E-state index contributed by atoms with van der Waals surface area (Å²) < 4.78 is 0. The van der Waals surface area contributed by atoms with E-state index >= 15 is 0 Å². The lowest BCUT2D eigenvalue weighted by molar-refractivity contribution is 0.422. The molecule has 1 atom stereocenters. The van der Waals surface area contributed by atoms with Gasteiger partial charge in [0.15, 0.2) is 0 Å². The third-order valence-corrected chi connectivity index (χ3v) is 3.46. The number of nitrogen functional groups attached to an aromatic ring is 1. The molecule has 3 N–H and O–H groups in total. The Hall–Kier alpha value is -1.36. The van der Waals surface area contributed by atoms with Crippen LogP contribution in [0.4, 0.5) is 11.6 Å². The molecule has 0 aliphatic carbocycles. The van der Waals surface area contributed by atoms with Crippen molar-refractivity contribution in [3.63, 3.8) is 0 Å². The third-order valence-electron chi connectivity index (χ3n) is 3.46. The summed E-state index contributed by atoms with van der Waals surface area (Å²) in [4.78, 5) is 11.0. The van der Waals surface area contributed by atoms with E-state index in [2.05, 4.69) is 34.1 Å². The molecule has 1 aliphatic rings. The monoisotopic (exact) mass is 235 g/mol. The highest BCUT2D eigenvalue weighted by molar-refractivity contribution is 5.49. The number of hydrogen-bond acceptors (Lipinski definition) is 5. The van der Waals surface area contributed by atoms with E-state index < -0.39 is 0 Å². The lowest BCUT2D eigenvalue weighted by Crippen LogP contribution is -2.23. The number of hydrazine groups is 1. The van der Waals surface area contributed by atoms with Crippen LogP contribution in [0.3, 0.4) is 0 Å². The lowest BCUT2D eigenvalue weighted by atomic mass is 9.95. The summed E-state index contributed by atoms with van der Waals surface area (Å²) in [5, 5.41) is 0. The minimum atomic E-state index is 0.681. The molecule has 94 valence electrons. The molecule has 17 heavy (non-hydrogen) atoms. The largest absolute Gasteiger partial charge is 0.356 e. The second-order valence-electron chi connectivity index (χ2n) is 5.04. The number of aromatic nitrogens is 2. The molecule has 2 heterocycles. The maximum Gasteiger partial charge on any atom is 0.145 e. The Morgan fingerprint density at radius 2 is 2.24 bits per heavy atom. The average Bonchev–Trinajstić information content (AvgIpc) is 2.77. The molecule has 1 aromatic rings. The predicted octanol–water partition coefficient (Wildman–Crippen LogP) is 1.55. The van der Waals surface area contributed by atoms with Crippen molar-refractivity contribution in [3.8, 4) is 0 Å². The SMILES string of the molecule is Cc1nc(NN)cc(N2CCC(C(C)C)C2)n1. The smallest absolute Gasteiger partial charge is 0.145 e. The number of nitrogens with zero attached hydrogens (tertiary/aromatic N) is 3. The van der Waals surface area contributed by atoms with Gasteiger partial charge in [0.25, 0.3) is 0 Å². The molecule has 0 amide bonds. The molecular weight excluding hydrogens is 214 g/mol. The Morgan fingerprint density at radius 1 is 1.47 bits per heavy atom. The highest BCUT2D eigenvalue weighted by Gasteiger charge is 2.26. The zero-order chi connectivity index (χ0) is 12.4. The first kappa shape index (κ1) is 12.1. The van der Waals surface area contributed by atoms with Crippen LogP contribution in [0.15, 0.2) is 6.07 Å². The Bertz CT molecular complexity index is 390. The van der Waals surface area contributed by atoms with E-state index in [0.717, 1.165) is 36.6 Å². The minimum Gasteiger partial charge on any atom is -0.356 e. The lowest BCUT2D eigenvalue weighted by Gasteiger charge is -2.19. The summed E-state index contributed by atoms with van der Waals surface area (Å²) in [6.45, 7) is 8.61. The molecule has 0 radical (unpaired) electrons. The second-order valence-corrected chi connectivity index (χ2v) is 5.04. The number of nitrogens with one attached hydrogen (secondary N) is 1. The summed E-state index contributed by atoms with van der Waals surface area (Å²) in [7, 11) is 0. The first-order valence-corrected chi connectivity index (χ1v) is 6.17. The van der Waals surface area contributed by atoms with Crippen molar-refractivity contribution >= 4 is 11.6 Å². The van der Waals surface area contributed by atoms with Crippen molar-refractivity contribution in [1.82, 2.24) is 9.97 Å². The number of hydrogen-bond donors (Lipinski definition) is 2. The molecule has 2 rings (SSSR count). The molecule has 1 unspecified atom stereocenters. The van der Waals surface area contributed by atoms with Gasteiger partial charge in [0.2, 0.25) is 0 Å². The predicted molar refractivity (Wildman–Crippen MR) is 69.7 cm³/mol. The summed E-state index contributed by atoms with van der Waals surface area (Å²) >= 11 is 0. The maximum atomic E-state index is 5.40. The van der Waals surface area contributed by atoms with Crippen LogP contribution in [0.2, 0.25) is 0 Å². The summed E-state index contributed by atoms with van der Waals surface area (Å²) in [5.74, 6) is 9.31. The summed E-state index contributed by atoms with van der Waals surface area (Å²) in [6, 6.07) is 1.91. The van der Waals surface area contributed by atoms with Gasteiger partial charge in [-0.05, 0) is 25.2 Å². The van der Waals surface area contributed by atoms with E-state index in [0.29, 0.717) is 5.82 Å². The van der Waals surface area contributed by atoms with Crippen molar-refractivity contribution in [2.24, 2.45) is 17.7 Å². The standard InChI is InChI=1S/C12H21N5/c1-8(2)10-4-5-17(7-10)12-6-11(16-13)14-9(3)15-12/h6,8,10H,4-5,7,13H2,1-3H3,(H,14,15,16). The van der Waals surface area contributed by atoms with Crippen LogP contribution in [-0.4, -0.2) is 23.1 Å². The van der Waals surface area contributed by atoms with Gasteiger partial charge in [-0.2, -0.15) is 0 Å². The molecule has 0 bridgehead atoms. The fraction of sp³-hybridized carbons (Fsp3) is 0.667. The van der Waals surface area contributed by atoms with E-state index in [1.807, 2.05) is 13.0 Å². The van der Waals surface area contributed by atoms with Crippen LogP contribution >= 0.6 is 0 Å². The van der Waals surface area contributed by atoms with Crippen LogP contribution < -0.4 is 16.2 Å². The van der Waals surface area contributed by atoms with Crippen LogP contribution in [0, 0.1) is 18.8 Å². The number of anilines is 2. The molecule has 1 saturated heterocycles. The molecule has 0 aromatic carbocycles. The van der Waals surface area contributed by atoms with Gasteiger partial charge < -0.3 is 10.3 Å². The fourth-order valence-electron chi connectivity index (χ4n) is 2.33. The summed E-state index contributed by atoms with van der Waals surface area (Å²) in [6.07, 6.45) is 1.24. The Morgan fingerprint density at radius 3 is 2.82 bits per heavy atom. The van der Waals surface area contributed by atoms with Gasteiger partial charge in [-0.1, -0.05) is 13.8 Å². The Balaban J connectivity index is 2.15. The topological polar surface area (TPSA) is 67.1 Å². The van der Waals surface area contributed by atoms with Crippen molar-refractivity contribution in [2.75, 3.05) is 23.4 Å². The van der Waals surface area contributed by atoms with Gasteiger partial charge in [-0.15, -0.1) is 0 Å². The second kappa shape index (κ2) is 4.87. The molecule has 0 saturated carbocycles. The first-order chi connectivity index (χ1) is 8.10. The van der Waals surface area contributed by atoms with Crippen molar-refractivity contribution in [1.29, 1.82) is 0 Å². The normalized spacial score (nSPS) is 20.1. The quantitative estimate of drug-likeness (QED) is 0.614. The molecular formula is C12H21N5. The molecule has 5 heteroatoms. The van der Waals surface area contributed by atoms with Crippen LogP contribution in [0.5, 0.6) is 0 Å². The highest BCUT2D eigenvalue weighted by atomic mass is 15.3. The number of nitrogens with two attached hydrogens (primary N) is 1. The van der Waals surface area contributed by atoms with Gasteiger partial charge in [0, 0.05) is 19.2 Å². The molecule has 1 aliphatic heterocycles. The molecule has 5 nitrogen and oxygen atoms in total. The van der Waals surface area contributed by atoms with E-state index in [1.165, 1.54) is 6.42 Å². The van der Waals surface area contributed by atoms with E-state index in [9.17, 15) is 0 Å². The van der Waals surface area contributed by atoms with E-state index in [1.54, 1.807) is 0 Å². The van der Waals surface area contributed by atoms with Crippen molar-refractivity contribution < 1.29 is 0 Å². The molecule has 1 aromatic heterocycles. The van der Waals surface area contributed by atoms with E-state index in [4.69, 9.17) is 5.84 Å². The fourth-order valence-corrected chi connectivity index (χ4v) is 2.33. The Kier molecular flexibility index (Phi) is 3.47. The number of aryl methyl sites for hydroxylation is 1. The molecule has 1 fully saturated rings. The van der Waals surface area contributed by atoms with Crippen LogP contribution in [0.1, 0.15) is 26.1 Å². The van der Waals surface area contributed by atoms with Gasteiger partial charge >= 0.3 is 0 Å². The van der Waals surface area contributed by atoms with E-state index in [-0.39, 0.29) is 0 Å². The third kappa shape index (κ3) is 2.66. The van der Waals surface area contributed by atoms with Gasteiger partial charge in [0.1, 0.15) is 17.5 Å².